The zero-order valence-electron chi connectivity index (χ0n) is 18.2. The van der Waals surface area contributed by atoms with Gasteiger partial charge in [-0.25, -0.2) is 13.2 Å². The summed E-state index contributed by atoms with van der Waals surface area (Å²) in [5.41, 5.74) is 3.02. The first-order valence-corrected chi connectivity index (χ1v) is 11.0. The summed E-state index contributed by atoms with van der Waals surface area (Å²) in [6, 6.07) is 15.4. The summed E-state index contributed by atoms with van der Waals surface area (Å²) < 4.78 is 48.8. The third-order valence-electron chi connectivity index (χ3n) is 5.41. The first-order chi connectivity index (χ1) is 15.0. The van der Waals surface area contributed by atoms with E-state index in [0.29, 0.717) is 17.5 Å². The van der Waals surface area contributed by atoms with Crippen molar-refractivity contribution in [3.63, 3.8) is 0 Å². The topological polar surface area (TPSA) is 9.23 Å². The molecule has 0 aliphatic heterocycles. The first-order valence-electron chi connectivity index (χ1n) is 11.0. The molecule has 0 aromatic heterocycles. The quantitative estimate of drug-likeness (QED) is 0.298. The molecule has 31 heavy (non-hydrogen) atoms. The van der Waals surface area contributed by atoms with Gasteiger partial charge in [-0.1, -0.05) is 75.6 Å². The second kappa shape index (κ2) is 11.0. The van der Waals surface area contributed by atoms with Crippen molar-refractivity contribution in [1.29, 1.82) is 0 Å². The molecule has 0 atom stereocenters. The van der Waals surface area contributed by atoms with Gasteiger partial charge in [0.15, 0.2) is 23.2 Å². The van der Waals surface area contributed by atoms with E-state index in [1.165, 1.54) is 6.07 Å². The van der Waals surface area contributed by atoms with Crippen molar-refractivity contribution in [2.75, 3.05) is 0 Å². The molecule has 0 bridgehead atoms. The maximum absolute atomic E-state index is 14.6. The molecule has 1 nitrogen and oxygen atoms in total. The Hall–Kier alpha value is -2.75. The smallest absolute Gasteiger partial charge is 0.166 e. The molecule has 0 aliphatic rings. The molecule has 0 saturated heterocycles. The van der Waals surface area contributed by atoms with Crippen molar-refractivity contribution in [2.24, 2.45) is 0 Å². The van der Waals surface area contributed by atoms with E-state index < -0.39 is 11.6 Å². The highest BCUT2D eigenvalue weighted by atomic mass is 19.2. The van der Waals surface area contributed by atoms with Crippen LogP contribution in [0.25, 0.3) is 11.1 Å². The number of benzene rings is 3. The van der Waals surface area contributed by atoms with Gasteiger partial charge in [0, 0.05) is 5.56 Å². The Labute approximate surface area is 182 Å². The molecule has 3 aromatic rings. The van der Waals surface area contributed by atoms with E-state index in [1.54, 1.807) is 42.5 Å². The van der Waals surface area contributed by atoms with Gasteiger partial charge in [-0.15, -0.1) is 0 Å². The maximum atomic E-state index is 14.6. The van der Waals surface area contributed by atoms with Crippen LogP contribution in [-0.4, -0.2) is 0 Å². The third-order valence-corrected chi connectivity index (χ3v) is 5.41. The molecule has 4 heteroatoms. The predicted octanol–water partition coefficient (Wildman–Crippen LogP) is 8.04. The standard InChI is InChI=1S/C27H29F3O/c1-3-5-6-8-22-14-15-23(27(30)26(22)29)21-12-9-20(10-13-21)18-31-25-16-11-19(7-4-2)17-24(25)28/h9-17H,3-8,18H2,1-2H3. The lowest BCUT2D eigenvalue weighted by molar-refractivity contribution is 0.290. The van der Waals surface area contributed by atoms with Crippen LogP contribution < -0.4 is 4.74 Å². The lowest BCUT2D eigenvalue weighted by Crippen LogP contribution is -1.99. The summed E-state index contributed by atoms with van der Waals surface area (Å²) >= 11 is 0. The summed E-state index contributed by atoms with van der Waals surface area (Å²) in [4.78, 5) is 0. The van der Waals surface area contributed by atoms with Crippen LogP contribution in [0.15, 0.2) is 54.6 Å². The van der Waals surface area contributed by atoms with Crippen LogP contribution in [0.5, 0.6) is 5.75 Å². The number of halogens is 3. The van der Waals surface area contributed by atoms with Crippen LogP contribution in [0.1, 0.15) is 56.2 Å². The van der Waals surface area contributed by atoms with Crippen LogP contribution in [0.2, 0.25) is 0 Å². The van der Waals surface area contributed by atoms with E-state index in [1.807, 2.05) is 13.0 Å². The fraction of sp³-hybridized carbons (Fsp3) is 0.333. The van der Waals surface area contributed by atoms with E-state index in [-0.39, 0.29) is 23.7 Å². The molecule has 0 spiro atoms. The minimum absolute atomic E-state index is 0.192. The Balaban J connectivity index is 1.67. The highest BCUT2D eigenvalue weighted by Gasteiger charge is 2.14. The average molecular weight is 427 g/mol. The number of aryl methyl sites for hydroxylation is 2. The second-order valence-corrected chi connectivity index (χ2v) is 7.86. The molecule has 0 fully saturated rings. The molecule has 0 N–H and O–H groups in total. The van der Waals surface area contributed by atoms with Gasteiger partial charge < -0.3 is 4.74 Å². The van der Waals surface area contributed by atoms with Gasteiger partial charge in [0.25, 0.3) is 0 Å². The molecule has 0 amide bonds. The van der Waals surface area contributed by atoms with Crippen molar-refractivity contribution in [3.05, 3.63) is 88.7 Å². The Kier molecular flexibility index (Phi) is 8.16. The number of rotatable bonds is 10. The molecular formula is C27H29F3O. The second-order valence-electron chi connectivity index (χ2n) is 7.86. The summed E-state index contributed by atoms with van der Waals surface area (Å²) in [5.74, 6) is -1.75. The minimum Gasteiger partial charge on any atom is -0.486 e. The highest BCUT2D eigenvalue weighted by Crippen LogP contribution is 2.28. The Morgan fingerprint density at radius 2 is 1.45 bits per heavy atom. The number of ether oxygens (including phenoxy) is 1. The van der Waals surface area contributed by atoms with Gasteiger partial charge in [-0.2, -0.15) is 0 Å². The lowest BCUT2D eigenvalue weighted by Gasteiger charge is -2.11. The molecule has 3 rings (SSSR count). The van der Waals surface area contributed by atoms with Crippen LogP contribution in [0, 0.1) is 17.5 Å². The summed E-state index contributed by atoms with van der Waals surface area (Å²) in [5, 5.41) is 0. The number of hydrogen-bond donors (Lipinski definition) is 0. The summed E-state index contributed by atoms with van der Waals surface area (Å²) in [7, 11) is 0. The van der Waals surface area contributed by atoms with E-state index in [9.17, 15) is 13.2 Å². The largest absolute Gasteiger partial charge is 0.486 e. The molecule has 0 unspecified atom stereocenters. The van der Waals surface area contributed by atoms with Crippen LogP contribution >= 0.6 is 0 Å². The fourth-order valence-electron chi connectivity index (χ4n) is 3.62. The van der Waals surface area contributed by atoms with E-state index >= 15 is 0 Å². The molecule has 0 aliphatic carbocycles. The van der Waals surface area contributed by atoms with Crippen molar-refractivity contribution in [3.8, 4) is 16.9 Å². The lowest BCUT2D eigenvalue weighted by atomic mass is 9.99. The summed E-state index contributed by atoms with van der Waals surface area (Å²) in [6.45, 7) is 4.32. The van der Waals surface area contributed by atoms with E-state index in [4.69, 9.17) is 4.74 Å². The van der Waals surface area contributed by atoms with Crippen molar-refractivity contribution >= 4 is 0 Å². The normalized spacial score (nSPS) is 11.0. The van der Waals surface area contributed by atoms with Gasteiger partial charge in [0.2, 0.25) is 0 Å². The molecule has 0 radical (unpaired) electrons. The zero-order valence-corrected chi connectivity index (χ0v) is 18.2. The molecule has 0 heterocycles. The van der Waals surface area contributed by atoms with Crippen LogP contribution in [0.4, 0.5) is 13.2 Å². The van der Waals surface area contributed by atoms with Gasteiger partial charge in [0.1, 0.15) is 6.61 Å². The van der Waals surface area contributed by atoms with Crippen LogP contribution in [-0.2, 0) is 19.4 Å². The molecular weight excluding hydrogens is 397 g/mol. The fourth-order valence-corrected chi connectivity index (χ4v) is 3.62. The SMILES string of the molecule is CCCCCc1ccc(-c2ccc(COc3ccc(CCC)cc3F)cc2)c(F)c1F. The summed E-state index contributed by atoms with van der Waals surface area (Å²) in [6.07, 6.45) is 5.22. The van der Waals surface area contributed by atoms with Gasteiger partial charge >= 0.3 is 0 Å². The monoisotopic (exact) mass is 426 g/mol. The molecule has 0 saturated carbocycles. The van der Waals surface area contributed by atoms with Gasteiger partial charge in [0.05, 0.1) is 0 Å². The third kappa shape index (κ3) is 5.90. The van der Waals surface area contributed by atoms with Crippen molar-refractivity contribution < 1.29 is 17.9 Å². The number of unbranched alkanes of at least 4 members (excludes halogenated alkanes) is 2. The highest BCUT2D eigenvalue weighted by molar-refractivity contribution is 5.65. The zero-order chi connectivity index (χ0) is 22.2. The predicted molar refractivity (Wildman–Crippen MR) is 120 cm³/mol. The van der Waals surface area contributed by atoms with Crippen LogP contribution in [0.3, 0.4) is 0 Å². The Morgan fingerprint density at radius 3 is 2.13 bits per heavy atom. The van der Waals surface area contributed by atoms with Crippen molar-refractivity contribution in [1.82, 2.24) is 0 Å². The van der Waals surface area contributed by atoms with E-state index in [0.717, 1.165) is 43.2 Å². The Morgan fingerprint density at radius 1 is 0.710 bits per heavy atom. The maximum Gasteiger partial charge on any atom is 0.166 e. The first kappa shape index (κ1) is 22.9. The Bertz CT molecular complexity index is 996. The van der Waals surface area contributed by atoms with E-state index in [2.05, 4.69) is 6.92 Å². The molecule has 3 aromatic carbocycles. The van der Waals surface area contributed by atoms with Gasteiger partial charge in [-0.3, -0.25) is 0 Å². The minimum atomic E-state index is -0.813. The molecule has 164 valence electrons. The number of hydrogen-bond acceptors (Lipinski definition) is 1. The average Bonchev–Trinajstić information content (AvgIpc) is 2.77. The van der Waals surface area contributed by atoms with Crippen molar-refractivity contribution in [2.45, 2.75) is 59.0 Å². The van der Waals surface area contributed by atoms with Gasteiger partial charge in [-0.05, 0) is 53.6 Å².